The largest absolute Gasteiger partial charge is 0.451 e. The highest BCUT2D eigenvalue weighted by molar-refractivity contribution is 6.30. The number of carbonyl (C=O) groups excluding carboxylic acids is 3. The summed E-state index contributed by atoms with van der Waals surface area (Å²) in [6.07, 6.45) is -1.16. The maximum Gasteiger partial charge on any atom is 0.326 e. The highest BCUT2D eigenvalue weighted by atomic mass is 35.5. The molecule has 0 aliphatic carbocycles. The van der Waals surface area contributed by atoms with Crippen molar-refractivity contribution in [2.45, 2.75) is 13.0 Å². The summed E-state index contributed by atoms with van der Waals surface area (Å²) in [4.78, 5) is 35.6. The summed E-state index contributed by atoms with van der Waals surface area (Å²) in [5.41, 5.74) is 0.309. The molecule has 0 bridgehead atoms. The molecular formula is C18H16ClFN2O4. The summed E-state index contributed by atoms with van der Waals surface area (Å²) in [6, 6.07) is 11.7. The molecule has 0 fully saturated rings. The van der Waals surface area contributed by atoms with E-state index < -0.39 is 36.2 Å². The smallest absolute Gasteiger partial charge is 0.326 e. The maximum atomic E-state index is 13.5. The number of anilines is 1. The molecule has 0 aliphatic heterocycles. The van der Waals surface area contributed by atoms with Gasteiger partial charge in [-0.3, -0.25) is 14.4 Å². The zero-order valence-corrected chi connectivity index (χ0v) is 14.5. The van der Waals surface area contributed by atoms with Crippen LogP contribution in [0.4, 0.5) is 10.1 Å². The number of para-hydroxylation sites is 1. The van der Waals surface area contributed by atoms with Crippen LogP contribution in [0.25, 0.3) is 0 Å². The molecule has 0 spiro atoms. The second kappa shape index (κ2) is 8.96. The number of carbonyl (C=O) groups is 3. The second-order valence-electron chi connectivity index (χ2n) is 5.29. The molecule has 2 N–H and O–H groups in total. The number of rotatable bonds is 6. The zero-order valence-electron chi connectivity index (χ0n) is 13.8. The first kappa shape index (κ1) is 19.4. The number of nitrogens with one attached hydrogen (secondary N) is 2. The monoisotopic (exact) mass is 378 g/mol. The number of halogens is 2. The van der Waals surface area contributed by atoms with Crippen LogP contribution < -0.4 is 10.6 Å². The van der Waals surface area contributed by atoms with Crippen LogP contribution in [-0.4, -0.2) is 30.4 Å². The molecule has 0 heterocycles. The van der Waals surface area contributed by atoms with E-state index in [2.05, 4.69) is 10.6 Å². The molecule has 0 saturated heterocycles. The first-order valence-corrected chi connectivity index (χ1v) is 8.03. The lowest BCUT2D eigenvalue weighted by Gasteiger charge is -2.14. The molecule has 2 amide bonds. The third kappa shape index (κ3) is 5.56. The zero-order chi connectivity index (χ0) is 19.1. The van der Waals surface area contributed by atoms with Gasteiger partial charge in [-0.15, -0.1) is 0 Å². The van der Waals surface area contributed by atoms with E-state index in [0.717, 1.165) is 0 Å². The summed E-state index contributed by atoms with van der Waals surface area (Å²) < 4.78 is 18.4. The predicted octanol–water partition coefficient (Wildman–Crippen LogP) is 2.78. The SMILES string of the molecule is C[C@@H](OC(=O)CNC(=O)c1ccc(Cl)cc1)C(=O)Nc1ccccc1F. The van der Waals surface area contributed by atoms with Gasteiger partial charge < -0.3 is 15.4 Å². The highest BCUT2D eigenvalue weighted by Gasteiger charge is 2.19. The number of benzene rings is 2. The Labute approximate surface area is 154 Å². The standard InChI is InChI=1S/C18H16ClFN2O4/c1-11(17(24)22-15-5-3-2-4-14(15)20)26-16(23)10-21-18(25)12-6-8-13(19)9-7-12/h2-9,11H,10H2,1H3,(H,21,25)(H,22,24)/t11-/m1/s1. The van der Waals surface area contributed by atoms with Crippen LogP contribution in [0.2, 0.25) is 5.02 Å². The van der Waals surface area contributed by atoms with Crippen molar-refractivity contribution in [3.05, 3.63) is 64.9 Å². The van der Waals surface area contributed by atoms with Gasteiger partial charge in [0.2, 0.25) is 0 Å². The van der Waals surface area contributed by atoms with Crippen LogP contribution in [-0.2, 0) is 14.3 Å². The molecule has 2 rings (SSSR count). The van der Waals surface area contributed by atoms with Crippen LogP contribution in [0.5, 0.6) is 0 Å². The summed E-state index contributed by atoms with van der Waals surface area (Å²) in [5.74, 6) is -2.58. The van der Waals surface area contributed by atoms with Gasteiger partial charge in [-0.2, -0.15) is 0 Å². The first-order chi connectivity index (χ1) is 12.4. The van der Waals surface area contributed by atoms with Crippen molar-refractivity contribution >= 4 is 35.1 Å². The number of hydrogen-bond acceptors (Lipinski definition) is 4. The Morgan fingerprint density at radius 3 is 2.42 bits per heavy atom. The van der Waals surface area contributed by atoms with E-state index in [4.69, 9.17) is 16.3 Å². The summed E-state index contributed by atoms with van der Waals surface area (Å²) in [7, 11) is 0. The molecule has 0 aromatic heterocycles. The molecule has 0 aliphatic rings. The second-order valence-corrected chi connectivity index (χ2v) is 5.73. The topological polar surface area (TPSA) is 84.5 Å². The van der Waals surface area contributed by atoms with Gasteiger partial charge in [-0.05, 0) is 43.3 Å². The van der Waals surface area contributed by atoms with Crippen LogP contribution >= 0.6 is 11.6 Å². The average molecular weight is 379 g/mol. The van der Waals surface area contributed by atoms with Crippen LogP contribution in [0.1, 0.15) is 17.3 Å². The van der Waals surface area contributed by atoms with Gasteiger partial charge in [0, 0.05) is 10.6 Å². The first-order valence-electron chi connectivity index (χ1n) is 7.65. The molecule has 6 nitrogen and oxygen atoms in total. The third-order valence-electron chi connectivity index (χ3n) is 3.31. The van der Waals surface area contributed by atoms with E-state index in [1.54, 1.807) is 18.2 Å². The van der Waals surface area contributed by atoms with Gasteiger partial charge in [-0.1, -0.05) is 23.7 Å². The maximum absolute atomic E-state index is 13.5. The Bertz CT molecular complexity index is 811. The van der Waals surface area contributed by atoms with E-state index in [9.17, 15) is 18.8 Å². The van der Waals surface area contributed by atoms with Crippen LogP contribution in [0, 0.1) is 5.82 Å². The highest BCUT2D eigenvalue weighted by Crippen LogP contribution is 2.13. The predicted molar refractivity (Wildman–Crippen MR) is 94.4 cm³/mol. The molecule has 2 aromatic carbocycles. The normalized spacial score (nSPS) is 11.3. The van der Waals surface area contributed by atoms with E-state index in [1.165, 1.54) is 37.3 Å². The minimum atomic E-state index is -1.16. The van der Waals surface area contributed by atoms with E-state index in [-0.39, 0.29) is 5.69 Å². The summed E-state index contributed by atoms with van der Waals surface area (Å²) >= 11 is 5.73. The summed E-state index contributed by atoms with van der Waals surface area (Å²) in [6.45, 7) is 0.924. The minimum Gasteiger partial charge on any atom is -0.451 e. The van der Waals surface area contributed by atoms with Crippen molar-refractivity contribution in [1.82, 2.24) is 5.32 Å². The fourth-order valence-electron chi connectivity index (χ4n) is 1.95. The third-order valence-corrected chi connectivity index (χ3v) is 3.56. The number of esters is 1. The molecule has 2 aromatic rings. The van der Waals surface area contributed by atoms with Crippen LogP contribution in [0.3, 0.4) is 0 Å². The van der Waals surface area contributed by atoms with Crippen molar-refractivity contribution in [3.63, 3.8) is 0 Å². The Balaban J connectivity index is 1.81. The van der Waals surface area contributed by atoms with Gasteiger partial charge in [0.15, 0.2) is 6.10 Å². The fraction of sp³-hybridized carbons (Fsp3) is 0.167. The van der Waals surface area contributed by atoms with Gasteiger partial charge in [-0.25, -0.2) is 4.39 Å². The van der Waals surface area contributed by atoms with Crippen molar-refractivity contribution in [3.8, 4) is 0 Å². The molecular weight excluding hydrogens is 363 g/mol. The number of amides is 2. The Hall–Kier alpha value is -2.93. The molecule has 1 atom stereocenters. The Morgan fingerprint density at radius 1 is 1.12 bits per heavy atom. The number of ether oxygens (including phenoxy) is 1. The average Bonchev–Trinajstić information content (AvgIpc) is 2.62. The molecule has 8 heteroatoms. The van der Waals surface area contributed by atoms with E-state index >= 15 is 0 Å². The molecule has 0 saturated carbocycles. The molecule has 26 heavy (non-hydrogen) atoms. The Kier molecular flexibility index (Phi) is 6.68. The quantitative estimate of drug-likeness (QED) is 0.757. The lowest BCUT2D eigenvalue weighted by molar-refractivity contribution is -0.152. The lowest BCUT2D eigenvalue weighted by Crippen LogP contribution is -2.36. The van der Waals surface area contributed by atoms with Gasteiger partial charge in [0.1, 0.15) is 12.4 Å². The fourth-order valence-corrected chi connectivity index (χ4v) is 2.07. The van der Waals surface area contributed by atoms with E-state index in [1.807, 2.05) is 0 Å². The Morgan fingerprint density at radius 2 is 1.77 bits per heavy atom. The lowest BCUT2D eigenvalue weighted by atomic mass is 10.2. The van der Waals surface area contributed by atoms with Crippen molar-refractivity contribution in [2.24, 2.45) is 0 Å². The van der Waals surface area contributed by atoms with Gasteiger partial charge in [0.25, 0.3) is 11.8 Å². The molecule has 0 unspecified atom stereocenters. The number of hydrogen-bond donors (Lipinski definition) is 2. The van der Waals surface area contributed by atoms with Gasteiger partial charge in [0.05, 0.1) is 5.69 Å². The van der Waals surface area contributed by atoms with E-state index in [0.29, 0.717) is 10.6 Å². The minimum absolute atomic E-state index is 0.0172. The molecule has 136 valence electrons. The van der Waals surface area contributed by atoms with Crippen molar-refractivity contribution in [2.75, 3.05) is 11.9 Å². The van der Waals surface area contributed by atoms with Gasteiger partial charge >= 0.3 is 5.97 Å². The van der Waals surface area contributed by atoms with Crippen molar-refractivity contribution < 1.29 is 23.5 Å². The summed E-state index contributed by atoms with van der Waals surface area (Å²) in [5, 5.41) is 5.18. The van der Waals surface area contributed by atoms with Crippen LogP contribution in [0.15, 0.2) is 48.5 Å². The van der Waals surface area contributed by atoms with Crippen molar-refractivity contribution in [1.29, 1.82) is 0 Å². The molecule has 0 radical (unpaired) electrons.